The lowest BCUT2D eigenvalue weighted by atomic mass is 9.88. The Bertz CT molecular complexity index is 603. The van der Waals surface area contributed by atoms with E-state index in [2.05, 4.69) is 11.1 Å². The Labute approximate surface area is 123 Å². The van der Waals surface area contributed by atoms with Crippen LogP contribution in [0.5, 0.6) is 5.75 Å². The number of halogens is 1. The normalized spacial score (nSPS) is 19.0. The van der Waals surface area contributed by atoms with Gasteiger partial charge in [-0.15, -0.1) is 0 Å². The van der Waals surface area contributed by atoms with E-state index >= 15 is 0 Å². The highest BCUT2D eigenvalue weighted by Gasteiger charge is 2.25. The maximum absolute atomic E-state index is 6.35. The van der Waals surface area contributed by atoms with Gasteiger partial charge in [0.1, 0.15) is 5.75 Å². The number of benzene rings is 1. The number of para-hydroxylation sites is 1. The minimum absolute atomic E-state index is 0.0308. The minimum atomic E-state index is 0.0308. The molecule has 0 amide bonds. The average molecular weight is 289 g/mol. The van der Waals surface area contributed by atoms with Gasteiger partial charge in [-0.2, -0.15) is 0 Å². The van der Waals surface area contributed by atoms with E-state index in [4.69, 9.17) is 22.1 Å². The molecule has 2 heterocycles. The molecule has 1 aromatic heterocycles. The number of aromatic nitrogens is 1. The second-order valence-electron chi connectivity index (χ2n) is 5.22. The molecule has 104 valence electrons. The Morgan fingerprint density at radius 2 is 2.20 bits per heavy atom. The summed E-state index contributed by atoms with van der Waals surface area (Å²) >= 11 is 6.14. The molecule has 0 saturated carbocycles. The van der Waals surface area contributed by atoms with Crippen LogP contribution < -0.4 is 10.5 Å². The SMILES string of the molecule is NC(Cc1ccncc1Cl)C1COc2ccccc2C1. The zero-order valence-electron chi connectivity index (χ0n) is 11.1. The van der Waals surface area contributed by atoms with Crippen LogP contribution in [0.2, 0.25) is 5.02 Å². The highest BCUT2D eigenvalue weighted by molar-refractivity contribution is 6.31. The molecule has 2 atom stereocenters. The summed E-state index contributed by atoms with van der Waals surface area (Å²) in [5.74, 6) is 1.30. The lowest BCUT2D eigenvalue weighted by Gasteiger charge is -2.29. The maximum atomic E-state index is 6.35. The molecule has 2 unspecified atom stereocenters. The Balaban J connectivity index is 1.70. The Kier molecular flexibility index (Phi) is 3.90. The molecule has 0 bridgehead atoms. The smallest absolute Gasteiger partial charge is 0.122 e. The Morgan fingerprint density at radius 1 is 1.35 bits per heavy atom. The van der Waals surface area contributed by atoms with Gasteiger partial charge >= 0.3 is 0 Å². The molecule has 4 heteroatoms. The number of hydrogen-bond acceptors (Lipinski definition) is 3. The van der Waals surface area contributed by atoms with Crippen molar-refractivity contribution in [3.8, 4) is 5.75 Å². The summed E-state index contributed by atoms with van der Waals surface area (Å²) in [7, 11) is 0. The predicted molar refractivity (Wildman–Crippen MR) is 80.1 cm³/mol. The summed E-state index contributed by atoms with van der Waals surface area (Å²) in [4.78, 5) is 4.00. The molecule has 3 rings (SSSR count). The molecule has 2 N–H and O–H groups in total. The van der Waals surface area contributed by atoms with Gasteiger partial charge in [0.25, 0.3) is 0 Å². The van der Waals surface area contributed by atoms with Crippen LogP contribution in [0.3, 0.4) is 0 Å². The van der Waals surface area contributed by atoms with Crippen molar-refractivity contribution in [3.63, 3.8) is 0 Å². The topological polar surface area (TPSA) is 48.1 Å². The molecule has 0 saturated heterocycles. The first-order valence-electron chi connectivity index (χ1n) is 6.78. The molecule has 1 aliphatic heterocycles. The Morgan fingerprint density at radius 3 is 3.05 bits per heavy atom. The molecule has 0 aliphatic carbocycles. The van der Waals surface area contributed by atoms with E-state index in [-0.39, 0.29) is 6.04 Å². The second kappa shape index (κ2) is 5.81. The first kappa shape index (κ1) is 13.4. The van der Waals surface area contributed by atoms with E-state index in [0.717, 1.165) is 24.2 Å². The standard InChI is InChI=1S/C16H17ClN2O/c17-14-9-19-6-5-11(14)8-15(18)13-7-12-3-1-2-4-16(12)20-10-13/h1-6,9,13,15H,7-8,10,18H2. The zero-order valence-corrected chi connectivity index (χ0v) is 11.9. The van der Waals surface area contributed by atoms with Gasteiger partial charge in [0.05, 0.1) is 11.6 Å². The van der Waals surface area contributed by atoms with Crippen LogP contribution in [-0.2, 0) is 12.8 Å². The molecule has 0 spiro atoms. The number of pyridine rings is 1. The average Bonchev–Trinajstić information content (AvgIpc) is 2.49. The molecular formula is C16H17ClN2O. The van der Waals surface area contributed by atoms with Gasteiger partial charge in [0.15, 0.2) is 0 Å². The summed E-state index contributed by atoms with van der Waals surface area (Å²) in [5, 5.41) is 0.681. The van der Waals surface area contributed by atoms with Gasteiger partial charge in [0, 0.05) is 24.4 Å². The van der Waals surface area contributed by atoms with E-state index in [1.54, 1.807) is 12.4 Å². The first-order chi connectivity index (χ1) is 9.74. The monoisotopic (exact) mass is 288 g/mol. The molecular weight excluding hydrogens is 272 g/mol. The van der Waals surface area contributed by atoms with Crippen molar-refractivity contribution in [2.24, 2.45) is 11.7 Å². The van der Waals surface area contributed by atoms with E-state index in [1.165, 1.54) is 5.56 Å². The number of rotatable bonds is 3. The summed E-state index contributed by atoms with van der Waals surface area (Å²) in [6.07, 6.45) is 5.12. The van der Waals surface area contributed by atoms with Gasteiger partial charge in [0.2, 0.25) is 0 Å². The van der Waals surface area contributed by atoms with Crippen LogP contribution in [0.4, 0.5) is 0 Å². The van der Waals surface area contributed by atoms with E-state index in [9.17, 15) is 0 Å². The van der Waals surface area contributed by atoms with Crippen molar-refractivity contribution >= 4 is 11.6 Å². The van der Waals surface area contributed by atoms with E-state index < -0.39 is 0 Å². The van der Waals surface area contributed by atoms with Gasteiger partial charge in [-0.3, -0.25) is 4.98 Å². The quantitative estimate of drug-likeness (QED) is 0.945. The zero-order chi connectivity index (χ0) is 13.9. The fraction of sp³-hybridized carbons (Fsp3) is 0.312. The van der Waals surface area contributed by atoms with Crippen LogP contribution in [0, 0.1) is 5.92 Å². The fourth-order valence-electron chi connectivity index (χ4n) is 2.62. The lowest BCUT2D eigenvalue weighted by molar-refractivity contribution is 0.199. The maximum Gasteiger partial charge on any atom is 0.122 e. The third-order valence-electron chi connectivity index (χ3n) is 3.83. The van der Waals surface area contributed by atoms with Crippen molar-refractivity contribution in [2.75, 3.05) is 6.61 Å². The summed E-state index contributed by atoms with van der Waals surface area (Å²) < 4.78 is 5.80. The highest BCUT2D eigenvalue weighted by Crippen LogP contribution is 2.29. The molecule has 1 aliphatic rings. The number of fused-ring (bicyclic) bond motifs is 1. The largest absolute Gasteiger partial charge is 0.493 e. The number of nitrogens with zero attached hydrogens (tertiary/aromatic N) is 1. The second-order valence-corrected chi connectivity index (χ2v) is 5.63. The number of hydrogen-bond donors (Lipinski definition) is 1. The summed E-state index contributed by atoms with van der Waals surface area (Å²) in [6.45, 7) is 0.668. The highest BCUT2D eigenvalue weighted by atomic mass is 35.5. The molecule has 0 radical (unpaired) electrons. The van der Waals surface area contributed by atoms with Crippen LogP contribution >= 0.6 is 11.6 Å². The van der Waals surface area contributed by atoms with E-state index in [1.807, 2.05) is 24.3 Å². The van der Waals surface area contributed by atoms with Crippen LogP contribution in [0.25, 0.3) is 0 Å². The molecule has 20 heavy (non-hydrogen) atoms. The fourth-order valence-corrected chi connectivity index (χ4v) is 2.81. The number of nitrogens with two attached hydrogens (primary N) is 1. The van der Waals surface area contributed by atoms with Gasteiger partial charge in [-0.1, -0.05) is 29.8 Å². The number of ether oxygens (including phenoxy) is 1. The van der Waals surface area contributed by atoms with Crippen molar-refractivity contribution in [2.45, 2.75) is 18.9 Å². The van der Waals surface area contributed by atoms with Crippen LogP contribution in [-0.4, -0.2) is 17.6 Å². The Hall–Kier alpha value is -1.58. The van der Waals surface area contributed by atoms with Crippen molar-refractivity contribution in [1.82, 2.24) is 4.98 Å². The third kappa shape index (κ3) is 2.79. The van der Waals surface area contributed by atoms with Crippen LogP contribution in [0.15, 0.2) is 42.7 Å². The van der Waals surface area contributed by atoms with Crippen molar-refractivity contribution in [1.29, 1.82) is 0 Å². The molecule has 1 aromatic carbocycles. The van der Waals surface area contributed by atoms with Crippen LogP contribution in [0.1, 0.15) is 11.1 Å². The predicted octanol–water partition coefficient (Wildman–Crippen LogP) is 2.86. The first-order valence-corrected chi connectivity index (χ1v) is 7.16. The minimum Gasteiger partial charge on any atom is -0.493 e. The van der Waals surface area contributed by atoms with Gasteiger partial charge in [-0.05, 0) is 36.1 Å². The summed E-state index contributed by atoms with van der Waals surface area (Å²) in [5.41, 5.74) is 8.63. The van der Waals surface area contributed by atoms with Crippen molar-refractivity contribution in [3.05, 3.63) is 58.9 Å². The van der Waals surface area contributed by atoms with E-state index in [0.29, 0.717) is 17.5 Å². The summed E-state index contributed by atoms with van der Waals surface area (Å²) in [6, 6.07) is 10.1. The van der Waals surface area contributed by atoms with Gasteiger partial charge < -0.3 is 10.5 Å². The molecule has 2 aromatic rings. The molecule has 3 nitrogen and oxygen atoms in total. The van der Waals surface area contributed by atoms with Crippen molar-refractivity contribution < 1.29 is 4.74 Å². The molecule has 0 fully saturated rings. The van der Waals surface area contributed by atoms with Gasteiger partial charge in [-0.25, -0.2) is 0 Å². The lowest BCUT2D eigenvalue weighted by Crippen LogP contribution is -2.39. The third-order valence-corrected chi connectivity index (χ3v) is 4.17.